The van der Waals surface area contributed by atoms with Gasteiger partial charge in [0.15, 0.2) is 0 Å². The minimum Gasteiger partial charge on any atom is -0.497 e. The summed E-state index contributed by atoms with van der Waals surface area (Å²) in [5.74, 6) is 1.60. The molecule has 8 heteroatoms. The molecule has 0 saturated heterocycles. The molecule has 1 unspecified atom stereocenters. The van der Waals surface area contributed by atoms with Crippen LogP contribution in [0.4, 0.5) is 11.6 Å². The first-order chi connectivity index (χ1) is 14.3. The maximum absolute atomic E-state index is 11.3. The molecule has 0 aliphatic heterocycles. The molecule has 3 rings (SSSR count). The number of methoxy groups -OCH3 is 2. The van der Waals surface area contributed by atoms with Gasteiger partial charge in [0.1, 0.15) is 11.5 Å². The summed E-state index contributed by atoms with van der Waals surface area (Å²) in [7, 11) is 3.17. The molecule has 0 amide bonds. The van der Waals surface area contributed by atoms with Crippen molar-refractivity contribution in [3.8, 4) is 11.5 Å². The third-order valence-corrected chi connectivity index (χ3v) is 5.11. The van der Waals surface area contributed by atoms with Crippen LogP contribution in [0.1, 0.15) is 42.6 Å². The van der Waals surface area contributed by atoms with Crippen molar-refractivity contribution in [3.05, 3.63) is 75.6 Å². The van der Waals surface area contributed by atoms with E-state index in [1.54, 1.807) is 26.4 Å². The van der Waals surface area contributed by atoms with Crippen molar-refractivity contribution < 1.29 is 14.4 Å². The SMILES string of the molecule is COc1ccc(C(Cc2cc([N+](=O)[O-])ccc2OC)c2cn(C(C)C)c(N)n2)cc1. The van der Waals surface area contributed by atoms with Gasteiger partial charge in [0.25, 0.3) is 5.69 Å². The molecule has 1 aromatic heterocycles. The summed E-state index contributed by atoms with van der Waals surface area (Å²) in [6, 6.07) is 12.5. The van der Waals surface area contributed by atoms with Gasteiger partial charge >= 0.3 is 0 Å². The summed E-state index contributed by atoms with van der Waals surface area (Å²) in [5, 5.41) is 11.3. The van der Waals surface area contributed by atoms with Crippen LogP contribution in [0.15, 0.2) is 48.7 Å². The lowest BCUT2D eigenvalue weighted by atomic mass is 9.89. The second-order valence-electron chi connectivity index (χ2n) is 7.31. The van der Waals surface area contributed by atoms with Crippen molar-refractivity contribution in [1.82, 2.24) is 9.55 Å². The number of nitrogen functional groups attached to an aromatic ring is 1. The highest BCUT2D eigenvalue weighted by Gasteiger charge is 2.23. The summed E-state index contributed by atoms with van der Waals surface area (Å²) in [6.07, 6.45) is 2.41. The molecule has 0 bridgehead atoms. The van der Waals surface area contributed by atoms with E-state index in [2.05, 4.69) is 4.98 Å². The lowest BCUT2D eigenvalue weighted by Crippen LogP contribution is -2.08. The van der Waals surface area contributed by atoms with Gasteiger partial charge in [0.05, 0.1) is 24.8 Å². The first-order valence-electron chi connectivity index (χ1n) is 9.63. The Bertz CT molecular complexity index is 1030. The first kappa shape index (κ1) is 21.2. The van der Waals surface area contributed by atoms with Crippen molar-refractivity contribution in [3.63, 3.8) is 0 Å². The average molecular weight is 410 g/mol. The Morgan fingerprint density at radius 2 is 1.83 bits per heavy atom. The maximum Gasteiger partial charge on any atom is 0.269 e. The Hall–Kier alpha value is -3.55. The van der Waals surface area contributed by atoms with Crippen LogP contribution in [0.3, 0.4) is 0 Å². The smallest absolute Gasteiger partial charge is 0.269 e. The van der Waals surface area contributed by atoms with E-state index in [9.17, 15) is 10.1 Å². The average Bonchev–Trinajstić information content (AvgIpc) is 3.13. The summed E-state index contributed by atoms with van der Waals surface area (Å²) in [4.78, 5) is 15.5. The molecule has 0 aliphatic carbocycles. The molecule has 2 aromatic carbocycles. The van der Waals surface area contributed by atoms with Gasteiger partial charge in [-0.15, -0.1) is 0 Å². The lowest BCUT2D eigenvalue weighted by Gasteiger charge is -2.18. The largest absolute Gasteiger partial charge is 0.497 e. The predicted octanol–water partition coefficient (Wildman–Crippen LogP) is 4.35. The first-order valence-corrected chi connectivity index (χ1v) is 9.63. The number of nitrogens with two attached hydrogens (primary N) is 1. The molecule has 0 saturated carbocycles. The predicted molar refractivity (Wildman–Crippen MR) is 115 cm³/mol. The maximum atomic E-state index is 11.3. The van der Waals surface area contributed by atoms with E-state index in [0.29, 0.717) is 18.1 Å². The monoisotopic (exact) mass is 410 g/mol. The van der Waals surface area contributed by atoms with Gasteiger partial charge in [-0.2, -0.15) is 0 Å². The molecular weight excluding hydrogens is 384 g/mol. The Morgan fingerprint density at radius 3 is 2.37 bits per heavy atom. The quantitative estimate of drug-likeness (QED) is 0.437. The molecule has 0 fully saturated rings. The minimum atomic E-state index is -0.406. The van der Waals surface area contributed by atoms with Crippen molar-refractivity contribution in [1.29, 1.82) is 0 Å². The van der Waals surface area contributed by atoms with Gasteiger partial charge in [-0.25, -0.2) is 4.98 Å². The number of imidazole rings is 1. The number of hydrogen-bond acceptors (Lipinski definition) is 6. The molecule has 2 N–H and O–H groups in total. The number of anilines is 1. The summed E-state index contributed by atoms with van der Waals surface area (Å²) >= 11 is 0. The van der Waals surface area contributed by atoms with Gasteiger partial charge in [0.2, 0.25) is 5.95 Å². The van der Waals surface area contributed by atoms with Crippen LogP contribution in [0.5, 0.6) is 11.5 Å². The zero-order valence-corrected chi connectivity index (χ0v) is 17.5. The van der Waals surface area contributed by atoms with Crippen molar-refractivity contribution >= 4 is 11.6 Å². The number of non-ortho nitro benzene ring substituents is 1. The van der Waals surface area contributed by atoms with E-state index in [4.69, 9.17) is 15.2 Å². The topological polar surface area (TPSA) is 105 Å². The van der Waals surface area contributed by atoms with E-state index in [0.717, 1.165) is 22.6 Å². The molecule has 158 valence electrons. The van der Waals surface area contributed by atoms with Crippen LogP contribution in [-0.2, 0) is 6.42 Å². The standard InChI is InChI=1S/C22H26N4O4/c1-14(2)25-13-20(24-22(25)23)19(15-5-8-18(29-3)9-6-15)12-16-11-17(26(27)28)7-10-21(16)30-4/h5-11,13-14,19H,12H2,1-4H3,(H2,23,24). The number of nitrogens with zero attached hydrogens (tertiary/aromatic N) is 3. The highest BCUT2D eigenvalue weighted by atomic mass is 16.6. The summed E-state index contributed by atoms with van der Waals surface area (Å²) < 4.78 is 12.6. The Morgan fingerprint density at radius 1 is 1.13 bits per heavy atom. The molecule has 3 aromatic rings. The Balaban J connectivity index is 2.09. The molecule has 0 spiro atoms. The number of nitro benzene ring substituents is 1. The lowest BCUT2D eigenvalue weighted by molar-refractivity contribution is -0.384. The fraction of sp³-hybridized carbons (Fsp3) is 0.318. The highest BCUT2D eigenvalue weighted by molar-refractivity contribution is 5.46. The van der Waals surface area contributed by atoms with Crippen LogP contribution in [0.25, 0.3) is 0 Å². The molecule has 1 heterocycles. The van der Waals surface area contributed by atoms with E-state index in [1.807, 2.05) is 48.9 Å². The van der Waals surface area contributed by atoms with Crippen LogP contribution in [-0.4, -0.2) is 28.7 Å². The third kappa shape index (κ3) is 4.37. The van der Waals surface area contributed by atoms with E-state index in [1.165, 1.54) is 6.07 Å². The van der Waals surface area contributed by atoms with Gasteiger partial charge in [-0.1, -0.05) is 12.1 Å². The van der Waals surface area contributed by atoms with Gasteiger partial charge in [-0.05, 0) is 44.0 Å². The summed E-state index contributed by atoms with van der Waals surface area (Å²) in [6.45, 7) is 4.07. The van der Waals surface area contributed by atoms with Crippen molar-refractivity contribution in [2.75, 3.05) is 20.0 Å². The van der Waals surface area contributed by atoms with E-state index >= 15 is 0 Å². The molecule has 0 radical (unpaired) electrons. The molecule has 1 atom stereocenters. The minimum absolute atomic E-state index is 0.0199. The molecule has 30 heavy (non-hydrogen) atoms. The van der Waals surface area contributed by atoms with Crippen molar-refractivity contribution in [2.45, 2.75) is 32.2 Å². The van der Waals surface area contributed by atoms with E-state index in [-0.39, 0.29) is 17.6 Å². The fourth-order valence-corrected chi connectivity index (χ4v) is 3.50. The van der Waals surface area contributed by atoms with Gasteiger partial charge in [0, 0.05) is 35.9 Å². The second-order valence-corrected chi connectivity index (χ2v) is 7.31. The number of benzene rings is 2. The third-order valence-electron chi connectivity index (χ3n) is 5.11. The number of hydrogen-bond donors (Lipinski definition) is 1. The zero-order valence-electron chi connectivity index (χ0n) is 17.5. The number of aromatic nitrogens is 2. The van der Waals surface area contributed by atoms with E-state index < -0.39 is 4.92 Å². The fourth-order valence-electron chi connectivity index (χ4n) is 3.50. The van der Waals surface area contributed by atoms with Gasteiger partial charge in [-0.3, -0.25) is 10.1 Å². The van der Waals surface area contributed by atoms with Crippen molar-refractivity contribution in [2.24, 2.45) is 0 Å². The number of ether oxygens (including phenoxy) is 2. The van der Waals surface area contributed by atoms with Crippen LogP contribution >= 0.6 is 0 Å². The number of nitro groups is 1. The van der Waals surface area contributed by atoms with Gasteiger partial charge < -0.3 is 19.8 Å². The molecule has 0 aliphatic rings. The zero-order chi connectivity index (χ0) is 21.8. The molecular formula is C22H26N4O4. The Kier molecular flexibility index (Phi) is 6.25. The highest BCUT2D eigenvalue weighted by Crippen LogP contribution is 2.34. The second kappa shape index (κ2) is 8.86. The normalized spacial score (nSPS) is 12.0. The van der Waals surface area contributed by atoms with Crippen LogP contribution in [0, 0.1) is 10.1 Å². The Labute approximate surface area is 175 Å². The van der Waals surface area contributed by atoms with Crippen LogP contribution in [0.2, 0.25) is 0 Å². The summed E-state index contributed by atoms with van der Waals surface area (Å²) in [5.41, 5.74) is 8.67. The molecule has 8 nitrogen and oxygen atoms in total. The number of rotatable bonds is 8. The van der Waals surface area contributed by atoms with Crippen LogP contribution < -0.4 is 15.2 Å².